The van der Waals surface area contributed by atoms with Gasteiger partial charge in [-0.05, 0) is 75.8 Å². The van der Waals surface area contributed by atoms with E-state index in [4.69, 9.17) is 4.74 Å². The molecule has 1 radical (unpaired) electrons. The van der Waals surface area contributed by atoms with Crippen LogP contribution in [0.15, 0.2) is 6.07 Å². The number of ether oxygens (including phenoxy) is 1. The van der Waals surface area contributed by atoms with Gasteiger partial charge >= 0.3 is 0 Å². The molecule has 1 aliphatic heterocycles. The summed E-state index contributed by atoms with van der Waals surface area (Å²) in [6.45, 7) is 15.7. The molecule has 0 aliphatic carbocycles. The Balaban J connectivity index is 1.69. The average molecular weight is 416 g/mol. The van der Waals surface area contributed by atoms with Crippen LogP contribution in [-0.2, 0) is 11.5 Å². The quantitative estimate of drug-likeness (QED) is 0.335. The molecule has 0 saturated heterocycles. The van der Waals surface area contributed by atoms with Crippen molar-refractivity contribution >= 4 is 0 Å². The summed E-state index contributed by atoms with van der Waals surface area (Å²) >= 11 is 0. The van der Waals surface area contributed by atoms with Gasteiger partial charge in [-0.15, -0.1) is 0 Å². The summed E-state index contributed by atoms with van der Waals surface area (Å²) in [5, 5.41) is 12.1. The number of rotatable bonds is 12. The maximum absolute atomic E-state index is 12.1. The molecule has 30 heavy (non-hydrogen) atoms. The summed E-state index contributed by atoms with van der Waals surface area (Å²) in [6.07, 6.45) is 13.9. The van der Waals surface area contributed by atoms with Crippen molar-refractivity contribution in [1.29, 1.82) is 0 Å². The van der Waals surface area contributed by atoms with Gasteiger partial charge in [0.15, 0.2) is 5.75 Å². The number of hydrogen-bond donors (Lipinski definition) is 0. The molecule has 0 bridgehead atoms. The van der Waals surface area contributed by atoms with Crippen LogP contribution >= 0.6 is 0 Å². The maximum atomic E-state index is 12.1. The summed E-state index contributed by atoms with van der Waals surface area (Å²) in [7, 11) is 0. The van der Waals surface area contributed by atoms with Gasteiger partial charge < -0.3 is 4.74 Å². The lowest BCUT2D eigenvalue weighted by molar-refractivity contribution is 0.0512. The third kappa shape index (κ3) is 7.50. The predicted molar refractivity (Wildman–Crippen MR) is 128 cm³/mol. The van der Waals surface area contributed by atoms with Crippen molar-refractivity contribution < 1.29 is 9.84 Å². The van der Waals surface area contributed by atoms with E-state index in [-0.39, 0.29) is 11.4 Å². The van der Waals surface area contributed by atoms with Gasteiger partial charge in [0.05, 0.1) is 0 Å². The molecule has 0 unspecified atom stereocenters. The molecular formula is C28H47O2. The smallest absolute Gasteiger partial charge is 0.182 e. The van der Waals surface area contributed by atoms with E-state index in [0.717, 1.165) is 59.5 Å². The van der Waals surface area contributed by atoms with Gasteiger partial charge in [-0.2, -0.15) is 0 Å². The summed E-state index contributed by atoms with van der Waals surface area (Å²) in [5.74, 6) is 3.67. The third-order valence-corrected chi connectivity index (χ3v) is 7.33. The van der Waals surface area contributed by atoms with Crippen LogP contribution < -0.4 is 4.74 Å². The molecule has 0 fully saturated rings. The second-order valence-corrected chi connectivity index (χ2v) is 11.0. The summed E-state index contributed by atoms with van der Waals surface area (Å²) in [6, 6.07) is 1.74. The first-order valence-electron chi connectivity index (χ1n) is 12.6. The molecule has 1 aromatic carbocycles. The molecule has 3 atom stereocenters. The predicted octanol–water partition coefficient (Wildman–Crippen LogP) is 8.97. The van der Waals surface area contributed by atoms with Gasteiger partial charge in [0.2, 0.25) is 0 Å². The van der Waals surface area contributed by atoms with Crippen LogP contribution in [0.4, 0.5) is 0 Å². The second kappa shape index (κ2) is 11.4. The molecule has 0 aromatic heterocycles. The molecule has 2 heteroatoms. The van der Waals surface area contributed by atoms with Gasteiger partial charge in [-0.3, -0.25) is 5.11 Å². The first-order valence-corrected chi connectivity index (χ1v) is 12.6. The zero-order chi connectivity index (χ0) is 22.3. The van der Waals surface area contributed by atoms with Crippen molar-refractivity contribution in [3.63, 3.8) is 0 Å². The second-order valence-electron chi connectivity index (χ2n) is 11.0. The van der Waals surface area contributed by atoms with Crippen LogP contribution in [0.2, 0.25) is 0 Å². The number of benzene rings is 1. The Morgan fingerprint density at radius 1 is 0.933 bits per heavy atom. The highest BCUT2D eigenvalue weighted by Gasteiger charge is 2.33. The Bertz CT molecular complexity index is 663. The first-order chi connectivity index (χ1) is 14.1. The van der Waals surface area contributed by atoms with Gasteiger partial charge in [0.1, 0.15) is 11.4 Å². The van der Waals surface area contributed by atoms with Gasteiger partial charge in [-0.25, -0.2) is 0 Å². The highest BCUT2D eigenvalue weighted by Crippen LogP contribution is 2.42. The van der Waals surface area contributed by atoms with Crippen LogP contribution in [0, 0.1) is 31.6 Å². The Labute approximate surface area is 186 Å². The lowest BCUT2D eigenvalue weighted by atomic mass is 9.84. The lowest BCUT2D eigenvalue weighted by Gasteiger charge is -2.37. The summed E-state index contributed by atoms with van der Waals surface area (Å²) in [5.41, 5.74) is 2.94. The topological polar surface area (TPSA) is 29.1 Å². The Kier molecular flexibility index (Phi) is 9.57. The molecule has 1 heterocycles. The summed E-state index contributed by atoms with van der Waals surface area (Å²) < 4.78 is 6.50. The van der Waals surface area contributed by atoms with E-state index >= 15 is 0 Å². The highest BCUT2D eigenvalue weighted by molar-refractivity contribution is 5.53. The normalized spacial score (nSPS) is 20.7. The Hall–Kier alpha value is -1.18. The number of fused-ring (bicyclic) bond motifs is 1. The van der Waals surface area contributed by atoms with Gasteiger partial charge in [0, 0.05) is 11.1 Å². The number of aryl methyl sites for hydroxylation is 1. The van der Waals surface area contributed by atoms with Crippen molar-refractivity contribution in [3.8, 4) is 11.5 Å². The van der Waals surface area contributed by atoms with E-state index < -0.39 is 0 Å². The van der Waals surface area contributed by atoms with E-state index in [9.17, 15) is 5.11 Å². The molecule has 1 aliphatic rings. The van der Waals surface area contributed by atoms with Crippen molar-refractivity contribution in [1.82, 2.24) is 0 Å². The molecular weight excluding hydrogens is 368 g/mol. The minimum absolute atomic E-state index is 0.0841. The Morgan fingerprint density at radius 2 is 1.50 bits per heavy atom. The molecule has 0 N–H and O–H groups in total. The molecule has 171 valence electrons. The van der Waals surface area contributed by atoms with Crippen LogP contribution in [0.5, 0.6) is 11.5 Å². The van der Waals surface area contributed by atoms with Crippen molar-refractivity contribution in [2.45, 2.75) is 125 Å². The van der Waals surface area contributed by atoms with Gasteiger partial charge in [0.25, 0.3) is 0 Å². The highest BCUT2D eigenvalue weighted by atomic mass is 16.5. The van der Waals surface area contributed by atoms with Crippen molar-refractivity contribution in [2.75, 3.05) is 0 Å². The van der Waals surface area contributed by atoms with E-state index in [1.54, 1.807) is 6.07 Å². The molecule has 1 aromatic rings. The van der Waals surface area contributed by atoms with E-state index in [1.807, 2.05) is 13.8 Å². The van der Waals surface area contributed by atoms with Crippen LogP contribution in [0.1, 0.15) is 116 Å². The Morgan fingerprint density at radius 3 is 2.10 bits per heavy atom. The molecule has 2 nitrogen and oxygen atoms in total. The zero-order valence-corrected chi connectivity index (χ0v) is 20.9. The lowest BCUT2D eigenvalue weighted by Crippen LogP contribution is -2.37. The standard InChI is InChI=1S/C28H47O2/c1-20(2)11-8-12-21(3)13-9-14-22(4)15-10-17-28(7)18-16-25-24(6)26(29)19-23(5)27(25)30-28/h19-22H,8-18H2,1-7H3/t21-,22-,28-/m1/s1. The number of hydrogen-bond acceptors (Lipinski definition) is 1. The fourth-order valence-corrected chi connectivity index (χ4v) is 5.04. The first kappa shape index (κ1) is 25.1. The van der Waals surface area contributed by atoms with Crippen LogP contribution in [0.3, 0.4) is 0 Å². The van der Waals surface area contributed by atoms with E-state index in [0.29, 0.717) is 0 Å². The van der Waals surface area contributed by atoms with Crippen molar-refractivity contribution in [2.24, 2.45) is 17.8 Å². The SMILES string of the molecule is Cc1cc([O])c(C)c2c1O[C@](C)(CCC[C@H](C)CCC[C@H](C)CCCC(C)C)CC2. The average Bonchev–Trinajstić information content (AvgIpc) is 2.66. The molecule has 2 rings (SSSR count). The monoisotopic (exact) mass is 415 g/mol. The largest absolute Gasteiger partial charge is 0.487 e. The fourth-order valence-electron chi connectivity index (χ4n) is 5.04. The summed E-state index contributed by atoms with van der Waals surface area (Å²) in [4.78, 5) is 0. The molecule has 0 amide bonds. The van der Waals surface area contributed by atoms with E-state index in [2.05, 4.69) is 34.6 Å². The third-order valence-electron chi connectivity index (χ3n) is 7.33. The molecule has 0 spiro atoms. The minimum atomic E-state index is -0.0841. The van der Waals surface area contributed by atoms with Crippen molar-refractivity contribution in [3.05, 3.63) is 22.8 Å². The molecule has 0 saturated carbocycles. The fraction of sp³-hybridized carbons (Fsp3) is 0.786. The van der Waals surface area contributed by atoms with Crippen LogP contribution in [0.25, 0.3) is 0 Å². The minimum Gasteiger partial charge on any atom is -0.487 e. The van der Waals surface area contributed by atoms with Gasteiger partial charge in [-0.1, -0.05) is 72.6 Å². The van der Waals surface area contributed by atoms with Crippen LogP contribution in [-0.4, -0.2) is 5.60 Å². The zero-order valence-electron chi connectivity index (χ0n) is 20.9. The van der Waals surface area contributed by atoms with E-state index in [1.165, 1.54) is 51.4 Å². The maximum Gasteiger partial charge on any atom is 0.182 e.